The summed E-state index contributed by atoms with van der Waals surface area (Å²) in [5.41, 5.74) is 0.239. The fraction of sp³-hybridized carbons (Fsp3) is 0.125. The Balaban J connectivity index is 2.26. The summed E-state index contributed by atoms with van der Waals surface area (Å²) in [6.45, 7) is 3.79. The lowest BCUT2D eigenvalue weighted by atomic mass is 10.0. The van der Waals surface area contributed by atoms with E-state index in [1.807, 2.05) is 31.0 Å². The molecule has 2 heterocycles. The molecule has 7 nitrogen and oxygen atoms in total. The van der Waals surface area contributed by atoms with Crippen LogP contribution in [0, 0.1) is 13.8 Å². The Labute approximate surface area is 129 Å². The van der Waals surface area contributed by atoms with Gasteiger partial charge in [-0.2, -0.15) is 0 Å². The second kappa shape index (κ2) is 5.20. The van der Waals surface area contributed by atoms with Crippen LogP contribution in [0.4, 0.5) is 0 Å². The van der Waals surface area contributed by atoms with E-state index >= 15 is 0 Å². The summed E-state index contributed by atoms with van der Waals surface area (Å²) in [4.78, 5) is 43.1. The number of rotatable bonds is 1. The monoisotopic (exact) mass is 311 g/mol. The van der Waals surface area contributed by atoms with E-state index in [1.54, 1.807) is 6.08 Å². The van der Waals surface area contributed by atoms with E-state index < -0.39 is 23.0 Å². The quantitative estimate of drug-likeness (QED) is 0.610. The molecule has 2 aromatic rings. The van der Waals surface area contributed by atoms with Gasteiger partial charge in [0.15, 0.2) is 0 Å². The number of hydrogen-bond acceptors (Lipinski definition) is 4. The Morgan fingerprint density at radius 2 is 1.87 bits per heavy atom. The lowest BCUT2D eigenvalue weighted by Gasteiger charge is -2.07. The predicted molar refractivity (Wildman–Crippen MR) is 83.5 cm³/mol. The molecule has 1 aliphatic heterocycles. The number of aromatic hydroxyl groups is 1. The number of nitrogens with zero attached hydrogens (tertiary/aromatic N) is 1. The lowest BCUT2D eigenvalue weighted by Crippen LogP contribution is -2.33. The van der Waals surface area contributed by atoms with E-state index in [9.17, 15) is 19.5 Å². The van der Waals surface area contributed by atoms with Crippen molar-refractivity contribution in [1.29, 1.82) is 0 Å². The number of amides is 1. The van der Waals surface area contributed by atoms with Gasteiger partial charge >= 0.3 is 5.69 Å². The van der Waals surface area contributed by atoms with Crippen molar-refractivity contribution in [1.82, 2.24) is 9.97 Å². The molecule has 1 aromatic carbocycles. The summed E-state index contributed by atoms with van der Waals surface area (Å²) in [6, 6.07) is 3.81. The Hall–Kier alpha value is -3.22. The fourth-order valence-corrected chi connectivity index (χ4v) is 2.53. The topological polar surface area (TPSA) is 115 Å². The third-order valence-electron chi connectivity index (χ3n) is 3.50. The molecule has 1 amide bonds. The predicted octanol–water partition coefficient (Wildman–Crippen LogP) is -0.590. The third kappa shape index (κ3) is 2.64. The van der Waals surface area contributed by atoms with Crippen molar-refractivity contribution in [3.8, 4) is 5.88 Å². The maximum atomic E-state index is 12.2. The number of carbonyl (C=O) groups excluding carboxylic acids is 1. The van der Waals surface area contributed by atoms with Gasteiger partial charge in [-0.1, -0.05) is 11.6 Å². The molecule has 1 aliphatic rings. The smallest absolute Gasteiger partial charge is 0.328 e. The second-order valence-corrected chi connectivity index (χ2v) is 5.35. The van der Waals surface area contributed by atoms with Gasteiger partial charge < -0.3 is 5.11 Å². The van der Waals surface area contributed by atoms with Crippen molar-refractivity contribution in [3.63, 3.8) is 0 Å². The van der Waals surface area contributed by atoms with Crippen LogP contribution < -0.4 is 21.8 Å². The van der Waals surface area contributed by atoms with Gasteiger partial charge in [-0.15, -0.1) is 0 Å². The summed E-state index contributed by atoms with van der Waals surface area (Å²) in [7, 11) is 0. The first kappa shape index (κ1) is 14.7. The summed E-state index contributed by atoms with van der Waals surface area (Å²) < 4.78 is 0. The van der Waals surface area contributed by atoms with E-state index in [2.05, 4.69) is 9.98 Å². The molecular weight excluding hydrogens is 298 g/mol. The summed E-state index contributed by atoms with van der Waals surface area (Å²) in [6.07, 6.45) is 2.81. The Morgan fingerprint density at radius 3 is 2.57 bits per heavy atom. The van der Waals surface area contributed by atoms with Crippen LogP contribution in [-0.4, -0.2) is 21.0 Å². The zero-order valence-corrected chi connectivity index (χ0v) is 12.4. The average Bonchev–Trinajstić information content (AvgIpc) is 2.44. The number of fused-ring (bicyclic) bond motifs is 1. The van der Waals surface area contributed by atoms with E-state index in [4.69, 9.17) is 0 Å². The van der Waals surface area contributed by atoms with Crippen molar-refractivity contribution in [2.75, 3.05) is 0 Å². The normalized spacial score (nSPS) is 15.0. The highest BCUT2D eigenvalue weighted by molar-refractivity contribution is 6.07. The van der Waals surface area contributed by atoms with Crippen LogP contribution in [-0.2, 0) is 4.79 Å². The Kier molecular flexibility index (Phi) is 3.33. The number of carbonyl (C=O) groups is 1. The van der Waals surface area contributed by atoms with Gasteiger partial charge in [-0.25, -0.2) is 9.79 Å². The van der Waals surface area contributed by atoms with Crippen molar-refractivity contribution in [3.05, 3.63) is 65.8 Å². The van der Waals surface area contributed by atoms with Crippen LogP contribution in [0.3, 0.4) is 0 Å². The van der Waals surface area contributed by atoms with Gasteiger partial charge in [0.2, 0.25) is 5.88 Å². The molecular formula is C16H13N3O4. The molecule has 0 unspecified atom stereocenters. The van der Waals surface area contributed by atoms with Crippen LogP contribution in [0.15, 0.2) is 32.3 Å². The maximum Gasteiger partial charge on any atom is 0.328 e. The zero-order valence-electron chi connectivity index (χ0n) is 12.4. The molecule has 1 aromatic heterocycles. The highest BCUT2D eigenvalue weighted by Gasteiger charge is 2.14. The van der Waals surface area contributed by atoms with Gasteiger partial charge in [-0.3, -0.25) is 19.6 Å². The molecule has 0 saturated carbocycles. The molecule has 23 heavy (non-hydrogen) atoms. The highest BCUT2D eigenvalue weighted by atomic mass is 16.3. The average molecular weight is 311 g/mol. The van der Waals surface area contributed by atoms with Crippen LogP contribution in [0.5, 0.6) is 5.88 Å². The minimum absolute atomic E-state index is 0.148. The van der Waals surface area contributed by atoms with E-state index in [1.165, 1.54) is 6.08 Å². The number of benzene rings is 1. The summed E-state index contributed by atoms with van der Waals surface area (Å²) >= 11 is 0. The molecule has 0 radical (unpaired) electrons. The molecule has 0 fully saturated rings. The number of aryl methyl sites for hydroxylation is 2. The minimum Gasteiger partial charge on any atom is -0.494 e. The zero-order chi connectivity index (χ0) is 16.7. The van der Waals surface area contributed by atoms with Crippen LogP contribution in [0.2, 0.25) is 0 Å². The fourth-order valence-electron chi connectivity index (χ4n) is 2.53. The minimum atomic E-state index is -0.824. The SMILES string of the molecule is Cc1cc(C)c2c(c1)=C/C(=C\c1c(O)[nH]c(=O)[nH]c1=O)C(=O)N=2. The molecule has 0 aliphatic carbocycles. The van der Waals surface area contributed by atoms with Crippen molar-refractivity contribution in [2.24, 2.45) is 4.99 Å². The third-order valence-corrected chi connectivity index (χ3v) is 3.50. The highest BCUT2D eigenvalue weighted by Crippen LogP contribution is 2.13. The van der Waals surface area contributed by atoms with Crippen molar-refractivity contribution >= 4 is 18.1 Å². The number of aromatic nitrogens is 2. The Morgan fingerprint density at radius 1 is 1.13 bits per heavy atom. The van der Waals surface area contributed by atoms with Gasteiger partial charge in [0.25, 0.3) is 11.5 Å². The van der Waals surface area contributed by atoms with Gasteiger partial charge in [0, 0.05) is 10.8 Å². The molecule has 0 saturated heterocycles. The van der Waals surface area contributed by atoms with E-state index in [0.29, 0.717) is 5.36 Å². The molecule has 3 N–H and O–H groups in total. The molecule has 0 bridgehead atoms. The second-order valence-electron chi connectivity index (χ2n) is 5.35. The summed E-state index contributed by atoms with van der Waals surface area (Å²) in [5, 5.41) is 11.0. The number of aromatic amines is 2. The first-order valence-electron chi connectivity index (χ1n) is 6.84. The van der Waals surface area contributed by atoms with Gasteiger partial charge in [0.05, 0.1) is 5.36 Å². The molecule has 0 spiro atoms. The van der Waals surface area contributed by atoms with Crippen molar-refractivity contribution < 1.29 is 9.90 Å². The lowest BCUT2D eigenvalue weighted by molar-refractivity contribution is -0.114. The van der Waals surface area contributed by atoms with Gasteiger partial charge in [0.1, 0.15) is 5.56 Å². The van der Waals surface area contributed by atoms with Crippen molar-refractivity contribution in [2.45, 2.75) is 13.8 Å². The maximum absolute atomic E-state index is 12.2. The van der Waals surface area contributed by atoms with E-state index in [-0.39, 0.29) is 11.1 Å². The van der Waals surface area contributed by atoms with E-state index in [0.717, 1.165) is 16.3 Å². The van der Waals surface area contributed by atoms with Crippen LogP contribution in [0.1, 0.15) is 16.7 Å². The molecule has 3 rings (SSSR count). The first-order chi connectivity index (χ1) is 10.8. The molecule has 7 heteroatoms. The van der Waals surface area contributed by atoms with Crippen LogP contribution >= 0.6 is 0 Å². The largest absolute Gasteiger partial charge is 0.494 e. The first-order valence-corrected chi connectivity index (χ1v) is 6.84. The molecule has 0 atom stereocenters. The standard InChI is InChI=1S/C16H13N3O4/c1-7-3-8(2)12-9(4-7)5-10(13(20)17-12)6-11-14(21)18-16(23)19-15(11)22/h3-6H,1-2H3,(H3,18,19,21,22,23)/b10-6+. The number of H-pyrrole nitrogens is 2. The van der Waals surface area contributed by atoms with Crippen LogP contribution in [0.25, 0.3) is 12.2 Å². The molecule has 116 valence electrons. The number of hydrogen-bond donors (Lipinski definition) is 3. The Bertz CT molecular complexity index is 1100. The number of nitrogens with one attached hydrogen (secondary N) is 2. The van der Waals surface area contributed by atoms with Gasteiger partial charge in [-0.05, 0) is 37.6 Å². The summed E-state index contributed by atoms with van der Waals surface area (Å²) in [5.74, 6) is -1.12.